The first-order valence-electron chi connectivity index (χ1n) is 4.25. The maximum Gasteiger partial charge on any atom is 0.0618 e. The van der Waals surface area contributed by atoms with E-state index >= 15 is 0 Å². The molecule has 2 heteroatoms. The molecule has 1 saturated heterocycles. The van der Waals surface area contributed by atoms with Gasteiger partial charge in [0.2, 0.25) is 0 Å². The van der Waals surface area contributed by atoms with E-state index in [0.29, 0.717) is 18.1 Å². The zero-order valence-electron chi connectivity index (χ0n) is 6.25. The Morgan fingerprint density at radius 3 is 2.90 bits per heavy atom. The second-order valence-electron chi connectivity index (χ2n) is 3.46. The Hall–Kier alpha value is -0.0800. The third-order valence-corrected chi connectivity index (χ3v) is 2.84. The highest BCUT2D eigenvalue weighted by Gasteiger charge is 2.35. The predicted molar refractivity (Wildman–Crippen MR) is 39.7 cm³/mol. The van der Waals surface area contributed by atoms with E-state index in [2.05, 4.69) is 0 Å². The maximum atomic E-state index is 5.94. The van der Waals surface area contributed by atoms with Crippen molar-refractivity contribution in [1.82, 2.24) is 0 Å². The Balaban J connectivity index is 2.03. The summed E-state index contributed by atoms with van der Waals surface area (Å²) in [6.07, 6.45) is 5.44. The molecule has 0 aromatic heterocycles. The largest absolute Gasteiger partial charge is 0.378 e. The summed E-state index contributed by atoms with van der Waals surface area (Å²) in [7, 11) is 0. The minimum atomic E-state index is 0.432. The molecule has 3 atom stereocenters. The van der Waals surface area contributed by atoms with Crippen molar-refractivity contribution in [2.24, 2.45) is 11.7 Å². The summed E-state index contributed by atoms with van der Waals surface area (Å²) in [6, 6.07) is 0.432. The summed E-state index contributed by atoms with van der Waals surface area (Å²) in [5, 5.41) is 0. The number of fused-ring (bicyclic) bond motifs is 1. The van der Waals surface area contributed by atoms with E-state index in [9.17, 15) is 0 Å². The first kappa shape index (κ1) is 6.62. The number of rotatable bonds is 0. The summed E-state index contributed by atoms with van der Waals surface area (Å²) >= 11 is 0. The lowest BCUT2D eigenvalue weighted by Crippen LogP contribution is -2.38. The van der Waals surface area contributed by atoms with E-state index in [-0.39, 0.29) is 0 Å². The highest BCUT2D eigenvalue weighted by atomic mass is 16.5. The molecule has 0 aromatic rings. The molecule has 0 aromatic carbocycles. The number of ether oxygens (including phenoxy) is 1. The van der Waals surface area contributed by atoms with Crippen LogP contribution in [-0.2, 0) is 4.74 Å². The van der Waals surface area contributed by atoms with Gasteiger partial charge in [-0.2, -0.15) is 0 Å². The summed E-state index contributed by atoms with van der Waals surface area (Å²) in [4.78, 5) is 0. The van der Waals surface area contributed by atoms with Crippen molar-refractivity contribution >= 4 is 0 Å². The summed E-state index contributed by atoms with van der Waals surface area (Å²) in [5.74, 6) is 0.689. The van der Waals surface area contributed by atoms with Gasteiger partial charge in [0.15, 0.2) is 0 Å². The Labute approximate surface area is 61.7 Å². The monoisotopic (exact) mass is 141 g/mol. The van der Waals surface area contributed by atoms with Gasteiger partial charge in [0.1, 0.15) is 0 Å². The van der Waals surface area contributed by atoms with Crippen LogP contribution < -0.4 is 5.73 Å². The number of nitrogens with two attached hydrogens (primary N) is 1. The van der Waals surface area contributed by atoms with E-state index in [1.165, 1.54) is 25.7 Å². The van der Waals surface area contributed by atoms with Crippen LogP contribution >= 0.6 is 0 Å². The molecule has 2 nitrogen and oxygen atoms in total. The van der Waals surface area contributed by atoms with Gasteiger partial charge in [-0.25, -0.2) is 0 Å². The van der Waals surface area contributed by atoms with Crippen LogP contribution in [0.3, 0.4) is 0 Å². The molecule has 10 heavy (non-hydrogen) atoms. The van der Waals surface area contributed by atoms with Crippen LogP contribution in [0, 0.1) is 5.92 Å². The van der Waals surface area contributed by atoms with E-state index in [4.69, 9.17) is 10.5 Å². The lowest BCUT2D eigenvalue weighted by Gasteiger charge is -2.29. The van der Waals surface area contributed by atoms with E-state index in [0.717, 1.165) is 6.61 Å². The lowest BCUT2D eigenvalue weighted by molar-refractivity contribution is 0.0593. The van der Waals surface area contributed by atoms with E-state index in [1.807, 2.05) is 0 Å². The van der Waals surface area contributed by atoms with Crippen molar-refractivity contribution < 1.29 is 4.74 Å². The van der Waals surface area contributed by atoms with E-state index in [1.54, 1.807) is 0 Å². The molecular formula is C8H15NO. The van der Waals surface area contributed by atoms with Crippen molar-refractivity contribution in [3.05, 3.63) is 0 Å². The van der Waals surface area contributed by atoms with Gasteiger partial charge in [-0.3, -0.25) is 0 Å². The molecule has 0 unspecified atom stereocenters. The van der Waals surface area contributed by atoms with Crippen molar-refractivity contribution in [1.29, 1.82) is 0 Å². The Kier molecular flexibility index (Phi) is 1.66. The third kappa shape index (κ3) is 0.956. The average molecular weight is 141 g/mol. The first-order chi connectivity index (χ1) is 4.88. The smallest absolute Gasteiger partial charge is 0.0618 e. The molecule has 0 spiro atoms. The van der Waals surface area contributed by atoms with Gasteiger partial charge in [0.25, 0.3) is 0 Å². The van der Waals surface area contributed by atoms with Crippen LogP contribution in [0.4, 0.5) is 0 Å². The quantitative estimate of drug-likeness (QED) is 0.544. The predicted octanol–water partition coefficient (Wildman–Crippen LogP) is 0.903. The molecule has 58 valence electrons. The fourth-order valence-electron chi connectivity index (χ4n) is 2.22. The fraction of sp³-hybridized carbons (Fsp3) is 1.00. The Bertz CT molecular complexity index is 126. The van der Waals surface area contributed by atoms with Gasteiger partial charge >= 0.3 is 0 Å². The summed E-state index contributed by atoms with van der Waals surface area (Å²) in [5.41, 5.74) is 5.94. The molecule has 1 saturated carbocycles. The zero-order chi connectivity index (χ0) is 6.97. The van der Waals surface area contributed by atoms with Crippen LogP contribution in [0.25, 0.3) is 0 Å². The standard InChI is InChI=1S/C8H15NO/c9-7-2-1-3-8-6(7)4-5-10-8/h6-8H,1-5,9H2/t6-,7-,8+/m0/s1. The molecule has 0 amide bonds. The van der Waals surface area contributed by atoms with Gasteiger partial charge in [-0.05, 0) is 25.7 Å². The second-order valence-corrected chi connectivity index (χ2v) is 3.46. The summed E-state index contributed by atoms with van der Waals surface area (Å²) < 4.78 is 5.55. The first-order valence-corrected chi connectivity index (χ1v) is 4.25. The number of hydrogen-bond donors (Lipinski definition) is 1. The molecule has 1 heterocycles. The SMILES string of the molecule is N[C@H]1CCC[C@H]2OCC[C@@H]12. The van der Waals surface area contributed by atoms with Crippen LogP contribution in [0.2, 0.25) is 0 Å². The van der Waals surface area contributed by atoms with Crippen LogP contribution in [0.5, 0.6) is 0 Å². The third-order valence-electron chi connectivity index (χ3n) is 2.84. The van der Waals surface area contributed by atoms with Crippen molar-refractivity contribution in [2.45, 2.75) is 37.8 Å². The molecular weight excluding hydrogens is 126 g/mol. The van der Waals surface area contributed by atoms with Crippen molar-refractivity contribution in [3.63, 3.8) is 0 Å². The van der Waals surface area contributed by atoms with Gasteiger partial charge in [-0.1, -0.05) is 0 Å². The minimum absolute atomic E-state index is 0.432. The fourth-order valence-corrected chi connectivity index (χ4v) is 2.22. The highest BCUT2D eigenvalue weighted by molar-refractivity contribution is 4.88. The normalized spacial score (nSPS) is 47.1. The highest BCUT2D eigenvalue weighted by Crippen LogP contribution is 2.33. The Morgan fingerprint density at radius 2 is 2.10 bits per heavy atom. The van der Waals surface area contributed by atoms with Crippen molar-refractivity contribution in [3.8, 4) is 0 Å². The van der Waals surface area contributed by atoms with Crippen LogP contribution in [-0.4, -0.2) is 18.8 Å². The average Bonchev–Trinajstić information content (AvgIpc) is 2.36. The zero-order valence-corrected chi connectivity index (χ0v) is 6.25. The van der Waals surface area contributed by atoms with Crippen molar-refractivity contribution in [2.75, 3.05) is 6.61 Å². The lowest BCUT2D eigenvalue weighted by atomic mass is 9.82. The van der Waals surface area contributed by atoms with Gasteiger partial charge in [-0.15, -0.1) is 0 Å². The van der Waals surface area contributed by atoms with Crippen LogP contribution in [0.15, 0.2) is 0 Å². The molecule has 2 aliphatic rings. The molecule has 2 fully saturated rings. The second kappa shape index (κ2) is 2.51. The molecule has 1 aliphatic carbocycles. The minimum Gasteiger partial charge on any atom is -0.378 e. The molecule has 2 rings (SSSR count). The molecule has 0 bridgehead atoms. The van der Waals surface area contributed by atoms with Gasteiger partial charge in [0.05, 0.1) is 6.10 Å². The topological polar surface area (TPSA) is 35.2 Å². The number of hydrogen-bond acceptors (Lipinski definition) is 2. The molecule has 0 radical (unpaired) electrons. The van der Waals surface area contributed by atoms with Crippen LogP contribution in [0.1, 0.15) is 25.7 Å². The van der Waals surface area contributed by atoms with Gasteiger partial charge < -0.3 is 10.5 Å². The summed E-state index contributed by atoms with van der Waals surface area (Å²) in [6.45, 7) is 0.947. The molecule has 1 aliphatic heterocycles. The maximum absolute atomic E-state index is 5.94. The van der Waals surface area contributed by atoms with E-state index < -0.39 is 0 Å². The van der Waals surface area contributed by atoms with Gasteiger partial charge in [0, 0.05) is 18.6 Å². The Morgan fingerprint density at radius 1 is 1.20 bits per heavy atom. The molecule has 2 N–H and O–H groups in total.